The van der Waals surface area contributed by atoms with Gasteiger partial charge in [0, 0.05) is 18.1 Å². The molecule has 20 heavy (non-hydrogen) atoms. The Kier molecular flexibility index (Phi) is 5.43. The maximum atomic E-state index is 13.8. The van der Waals surface area contributed by atoms with Crippen LogP contribution in [0, 0.1) is 11.6 Å². The van der Waals surface area contributed by atoms with Crippen molar-refractivity contribution < 1.29 is 13.5 Å². The molecule has 1 aromatic heterocycles. The molecule has 1 aromatic carbocycles. The van der Waals surface area contributed by atoms with Crippen LogP contribution in [0.4, 0.5) is 8.78 Å². The highest BCUT2D eigenvalue weighted by Gasteiger charge is 2.13. The highest BCUT2D eigenvalue weighted by atomic mass is 32.1. The Labute approximate surface area is 120 Å². The van der Waals surface area contributed by atoms with Gasteiger partial charge in [0.25, 0.3) is 0 Å². The van der Waals surface area contributed by atoms with Crippen LogP contribution in [-0.2, 0) is 13.2 Å². The Morgan fingerprint density at radius 1 is 1.30 bits per heavy atom. The zero-order valence-electron chi connectivity index (χ0n) is 11.2. The van der Waals surface area contributed by atoms with Gasteiger partial charge >= 0.3 is 0 Å². The highest BCUT2D eigenvalue weighted by Crippen LogP contribution is 2.24. The van der Waals surface area contributed by atoms with Crippen molar-refractivity contribution in [3.8, 4) is 5.75 Å². The number of rotatable bonds is 7. The van der Waals surface area contributed by atoms with E-state index in [4.69, 9.17) is 4.74 Å². The van der Waals surface area contributed by atoms with Gasteiger partial charge in [-0.3, -0.25) is 0 Å². The molecule has 0 radical (unpaired) electrons. The zero-order chi connectivity index (χ0) is 14.4. The van der Waals surface area contributed by atoms with Crippen molar-refractivity contribution in [1.29, 1.82) is 0 Å². The summed E-state index contributed by atoms with van der Waals surface area (Å²) in [5.74, 6) is -1.72. The van der Waals surface area contributed by atoms with E-state index in [9.17, 15) is 8.78 Å². The lowest BCUT2D eigenvalue weighted by atomic mass is 10.2. The van der Waals surface area contributed by atoms with E-state index in [2.05, 4.69) is 10.3 Å². The number of hydrogen-bond acceptors (Lipinski definition) is 4. The third-order valence-corrected chi connectivity index (χ3v) is 3.39. The molecule has 0 aliphatic rings. The molecular weight excluding hydrogens is 282 g/mol. The van der Waals surface area contributed by atoms with Crippen molar-refractivity contribution >= 4 is 11.3 Å². The summed E-state index contributed by atoms with van der Waals surface area (Å²) in [6.45, 7) is 3.35. The predicted molar refractivity (Wildman–Crippen MR) is 74.8 cm³/mol. The van der Waals surface area contributed by atoms with Crippen LogP contribution in [-0.4, -0.2) is 11.5 Å². The van der Waals surface area contributed by atoms with Crippen molar-refractivity contribution in [2.45, 2.75) is 26.5 Å². The Morgan fingerprint density at radius 3 is 2.65 bits per heavy atom. The molecule has 3 nitrogen and oxygen atoms in total. The van der Waals surface area contributed by atoms with Gasteiger partial charge in [-0.05, 0) is 30.7 Å². The van der Waals surface area contributed by atoms with Crippen molar-refractivity contribution in [3.63, 3.8) is 0 Å². The maximum Gasteiger partial charge on any atom is 0.191 e. The molecule has 0 saturated heterocycles. The van der Waals surface area contributed by atoms with Crippen LogP contribution in [0.1, 0.15) is 23.9 Å². The second-order valence-electron chi connectivity index (χ2n) is 4.28. The number of halogens is 2. The molecule has 1 heterocycles. The zero-order valence-corrected chi connectivity index (χ0v) is 12.0. The summed E-state index contributed by atoms with van der Waals surface area (Å²) in [7, 11) is 0. The lowest BCUT2D eigenvalue weighted by molar-refractivity contribution is 0.273. The summed E-state index contributed by atoms with van der Waals surface area (Å²) in [6.07, 6.45) is 2.60. The van der Waals surface area contributed by atoms with E-state index in [-0.39, 0.29) is 12.4 Å². The monoisotopic (exact) mass is 298 g/mol. The number of thiazole rings is 1. The molecule has 0 atom stereocenters. The molecule has 2 aromatic rings. The minimum absolute atomic E-state index is 0.0684. The molecule has 0 amide bonds. The molecule has 0 fully saturated rings. The number of ether oxygens (including phenoxy) is 1. The van der Waals surface area contributed by atoms with Gasteiger partial charge in [0.1, 0.15) is 11.6 Å². The molecule has 0 aliphatic heterocycles. The first kappa shape index (κ1) is 14.9. The molecule has 0 bridgehead atoms. The van der Waals surface area contributed by atoms with E-state index in [1.807, 2.05) is 6.92 Å². The molecular formula is C14H16F2N2OS. The van der Waals surface area contributed by atoms with Gasteiger partial charge in [-0.15, -0.1) is 11.3 Å². The first-order chi connectivity index (χ1) is 9.70. The quantitative estimate of drug-likeness (QED) is 0.794. The van der Waals surface area contributed by atoms with E-state index < -0.39 is 11.6 Å². The van der Waals surface area contributed by atoms with E-state index >= 15 is 0 Å². The number of nitrogens with one attached hydrogen (secondary N) is 1. The van der Waals surface area contributed by atoms with Gasteiger partial charge in [-0.1, -0.05) is 6.92 Å². The lowest BCUT2D eigenvalue weighted by Gasteiger charge is -2.09. The van der Waals surface area contributed by atoms with Gasteiger partial charge in [-0.25, -0.2) is 13.8 Å². The summed E-state index contributed by atoms with van der Waals surface area (Å²) in [5, 5.41) is 5.56. The molecule has 6 heteroatoms. The summed E-state index contributed by atoms with van der Waals surface area (Å²) in [6, 6.07) is 2.59. The largest absolute Gasteiger partial charge is 0.480 e. The van der Waals surface area contributed by atoms with Gasteiger partial charge in [0.15, 0.2) is 17.4 Å². The second kappa shape index (κ2) is 7.31. The third kappa shape index (κ3) is 3.98. The lowest BCUT2D eigenvalue weighted by Crippen LogP contribution is -2.14. The third-order valence-electron chi connectivity index (χ3n) is 2.64. The normalized spacial score (nSPS) is 10.8. The Hall–Kier alpha value is -1.53. The van der Waals surface area contributed by atoms with Gasteiger partial charge in [0.05, 0.1) is 0 Å². The summed E-state index contributed by atoms with van der Waals surface area (Å²) in [5.41, 5.74) is 0.565. The van der Waals surface area contributed by atoms with Crippen molar-refractivity contribution in [1.82, 2.24) is 10.3 Å². The standard InChI is InChI=1S/C14H16F2N2OS/c1-2-3-17-8-10-6-11(15)14(12(16)7-10)19-9-13-18-4-5-20-13/h4-7,17H,2-3,8-9H2,1H3. The molecule has 2 rings (SSSR count). The Morgan fingerprint density at radius 2 is 2.05 bits per heavy atom. The number of benzene rings is 1. The number of aromatic nitrogens is 1. The molecule has 0 saturated carbocycles. The highest BCUT2D eigenvalue weighted by molar-refractivity contribution is 7.09. The fourth-order valence-electron chi connectivity index (χ4n) is 1.72. The average molecular weight is 298 g/mol. The molecule has 108 valence electrons. The van der Waals surface area contributed by atoms with E-state index in [1.54, 1.807) is 11.6 Å². The van der Waals surface area contributed by atoms with Crippen LogP contribution in [0.2, 0.25) is 0 Å². The smallest absolute Gasteiger partial charge is 0.191 e. The molecule has 0 unspecified atom stereocenters. The van der Waals surface area contributed by atoms with Crippen LogP contribution in [0.15, 0.2) is 23.7 Å². The number of nitrogens with zero attached hydrogens (tertiary/aromatic N) is 1. The predicted octanol–water partition coefficient (Wildman–Crippen LogP) is 3.50. The van der Waals surface area contributed by atoms with Crippen LogP contribution >= 0.6 is 11.3 Å². The fourth-order valence-corrected chi connectivity index (χ4v) is 2.25. The first-order valence-corrected chi connectivity index (χ1v) is 7.28. The van der Waals surface area contributed by atoms with Gasteiger partial charge < -0.3 is 10.1 Å². The topological polar surface area (TPSA) is 34.1 Å². The Bertz CT molecular complexity index is 523. The summed E-state index contributed by atoms with van der Waals surface area (Å²) >= 11 is 1.38. The summed E-state index contributed by atoms with van der Waals surface area (Å²) in [4.78, 5) is 4.00. The second-order valence-corrected chi connectivity index (χ2v) is 5.26. The van der Waals surface area contributed by atoms with E-state index in [0.29, 0.717) is 17.1 Å². The summed E-state index contributed by atoms with van der Waals surface area (Å²) < 4.78 is 32.8. The maximum absolute atomic E-state index is 13.8. The Balaban J connectivity index is 2.02. The number of hydrogen-bond donors (Lipinski definition) is 1. The molecule has 0 spiro atoms. The average Bonchev–Trinajstić information content (AvgIpc) is 2.91. The molecule has 1 N–H and O–H groups in total. The van der Waals surface area contributed by atoms with E-state index in [1.165, 1.54) is 23.5 Å². The fraction of sp³-hybridized carbons (Fsp3) is 0.357. The van der Waals surface area contributed by atoms with Gasteiger partial charge in [0.2, 0.25) is 0 Å². The van der Waals surface area contributed by atoms with E-state index in [0.717, 1.165) is 13.0 Å². The van der Waals surface area contributed by atoms with Gasteiger partial charge in [-0.2, -0.15) is 0 Å². The minimum Gasteiger partial charge on any atom is -0.480 e. The van der Waals surface area contributed by atoms with Crippen molar-refractivity contribution in [2.24, 2.45) is 0 Å². The first-order valence-electron chi connectivity index (χ1n) is 6.40. The van der Waals surface area contributed by atoms with Crippen LogP contribution in [0.5, 0.6) is 5.75 Å². The van der Waals surface area contributed by atoms with Crippen LogP contribution in [0.3, 0.4) is 0 Å². The minimum atomic E-state index is -0.685. The molecule has 0 aliphatic carbocycles. The van der Waals surface area contributed by atoms with Crippen LogP contribution in [0.25, 0.3) is 0 Å². The SMILES string of the molecule is CCCNCc1cc(F)c(OCc2nccs2)c(F)c1. The van der Waals surface area contributed by atoms with Crippen LogP contribution < -0.4 is 10.1 Å². The van der Waals surface area contributed by atoms with Crippen molar-refractivity contribution in [3.05, 3.63) is 45.9 Å². The van der Waals surface area contributed by atoms with Crippen molar-refractivity contribution in [2.75, 3.05) is 6.54 Å².